The highest BCUT2D eigenvalue weighted by Gasteiger charge is 2.16. The van der Waals surface area contributed by atoms with Gasteiger partial charge in [0.2, 0.25) is 21.7 Å². The number of aromatic nitrogens is 2. The second-order valence-electron chi connectivity index (χ2n) is 6.78. The van der Waals surface area contributed by atoms with E-state index in [-0.39, 0.29) is 24.9 Å². The fraction of sp³-hybridized carbons (Fsp3) is 0.250. The number of hydrogen-bond acceptors (Lipinski definition) is 7. The summed E-state index contributed by atoms with van der Waals surface area (Å²) in [7, 11) is -0.295. The Labute approximate surface area is 185 Å². The molecule has 0 bridgehead atoms. The van der Waals surface area contributed by atoms with Crippen LogP contribution < -0.4 is 9.04 Å². The van der Waals surface area contributed by atoms with E-state index in [1.165, 1.54) is 11.9 Å². The summed E-state index contributed by atoms with van der Waals surface area (Å²) in [6.07, 6.45) is 1.12. The molecular weight excluding hydrogens is 444 g/mol. The molecule has 0 aliphatic carbocycles. The number of benzene rings is 2. The first kappa shape index (κ1) is 22.6. The van der Waals surface area contributed by atoms with Crippen molar-refractivity contribution >= 4 is 33.2 Å². The van der Waals surface area contributed by atoms with Crippen molar-refractivity contribution < 1.29 is 22.5 Å². The molecule has 0 radical (unpaired) electrons. The van der Waals surface area contributed by atoms with Gasteiger partial charge >= 0.3 is 0 Å². The third-order valence-electron chi connectivity index (χ3n) is 4.41. The summed E-state index contributed by atoms with van der Waals surface area (Å²) in [5.74, 6) is 0.806. The SMILES string of the molecule is CN(Cc1nc(-c2cccc(Cl)c2)no1)C(=O)COc1ccc(N(C)S(C)(=O)=O)cc1. The average Bonchev–Trinajstić information content (AvgIpc) is 3.19. The second-order valence-corrected chi connectivity index (χ2v) is 9.24. The Hall–Kier alpha value is -3.11. The molecule has 0 fully saturated rings. The number of nitrogens with zero attached hydrogens (tertiary/aromatic N) is 4. The van der Waals surface area contributed by atoms with Gasteiger partial charge in [0.1, 0.15) is 5.75 Å². The Morgan fingerprint density at radius 3 is 2.52 bits per heavy atom. The van der Waals surface area contributed by atoms with Gasteiger partial charge in [-0.15, -0.1) is 0 Å². The molecule has 0 unspecified atom stereocenters. The van der Waals surface area contributed by atoms with E-state index in [0.717, 1.165) is 10.6 Å². The van der Waals surface area contributed by atoms with E-state index in [1.807, 2.05) is 6.07 Å². The maximum atomic E-state index is 12.4. The molecule has 0 spiro atoms. The van der Waals surface area contributed by atoms with Gasteiger partial charge in [0.25, 0.3) is 5.91 Å². The van der Waals surface area contributed by atoms with Crippen LogP contribution in [-0.2, 0) is 21.4 Å². The van der Waals surface area contributed by atoms with Crippen molar-refractivity contribution in [3.8, 4) is 17.1 Å². The van der Waals surface area contributed by atoms with Gasteiger partial charge in [-0.2, -0.15) is 4.98 Å². The first-order valence-electron chi connectivity index (χ1n) is 9.13. The first-order valence-corrected chi connectivity index (χ1v) is 11.4. The summed E-state index contributed by atoms with van der Waals surface area (Å²) in [6.45, 7) is -0.0824. The second kappa shape index (κ2) is 9.36. The highest BCUT2D eigenvalue weighted by Crippen LogP contribution is 2.21. The summed E-state index contributed by atoms with van der Waals surface area (Å²) in [4.78, 5) is 18.0. The van der Waals surface area contributed by atoms with Crippen molar-refractivity contribution in [2.75, 3.05) is 31.3 Å². The number of halogens is 1. The Kier molecular flexibility index (Phi) is 6.81. The number of hydrogen-bond donors (Lipinski definition) is 0. The summed E-state index contributed by atoms with van der Waals surface area (Å²) in [6, 6.07) is 13.4. The van der Waals surface area contributed by atoms with Gasteiger partial charge in [-0.05, 0) is 36.4 Å². The maximum Gasteiger partial charge on any atom is 0.260 e. The Bertz CT molecular complexity index is 1160. The van der Waals surface area contributed by atoms with Gasteiger partial charge in [0.05, 0.1) is 18.5 Å². The fourth-order valence-electron chi connectivity index (χ4n) is 2.55. The van der Waals surface area contributed by atoms with Crippen LogP contribution in [0.3, 0.4) is 0 Å². The number of ether oxygens (including phenoxy) is 1. The first-order chi connectivity index (χ1) is 14.6. The Morgan fingerprint density at radius 2 is 1.87 bits per heavy atom. The molecule has 3 rings (SSSR count). The molecule has 1 heterocycles. The minimum atomic E-state index is -3.35. The van der Waals surface area contributed by atoms with Crippen LogP contribution in [-0.4, -0.2) is 56.3 Å². The topological polar surface area (TPSA) is 106 Å². The van der Waals surface area contributed by atoms with Gasteiger partial charge in [-0.1, -0.05) is 28.9 Å². The molecule has 31 heavy (non-hydrogen) atoms. The third-order valence-corrected chi connectivity index (χ3v) is 5.85. The van der Waals surface area contributed by atoms with Crippen molar-refractivity contribution in [2.45, 2.75) is 6.54 Å². The standard InChI is InChI=1S/C20H21ClN4O5S/c1-24(12-18-22-20(23-30-18)14-5-4-6-15(21)11-14)19(26)13-29-17-9-7-16(8-10-17)25(2)31(3,27)28/h4-11H,12-13H2,1-3H3. The lowest BCUT2D eigenvalue weighted by Crippen LogP contribution is -2.31. The predicted molar refractivity (Wildman–Crippen MR) is 116 cm³/mol. The lowest BCUT2D eigenvalue weighted by atomic mass is 10.2. The fourth-order valence-corrected chi connectivity index (χ4v) is 3.25. The average molecular weight is 465 g/mol. The molecule has 9 nitrogen and oxygen atoms in total. The van der Waals surface area contributed by atoms with E-state index in [4.69, 9.17) is 20.9 Å². The van der Waals surface area contributed by atoms with Gasteiger partial charge < -0.3 is 14.2 Å². The quantitative estimate of drug-likeness (QED) is 0.504. The molecule has 0 saturated heterocycles. The number of carbonyl (C=O) groups excluding carboxylic acids is 1. The monoisotopic (exact) mass is 464 g/mol. The lowest BCUT2D eigenvalue weighted by molar-refractivity contribution is -0.132. The molecule has 3 aromatic rings. The van der Waals surface area contributed by atoms with E-state index in [0.29, 0.717) is 27.8 Å². The van der Waals surface area contributed by atoms with Crippen LogP contribution in [0, 0.1) is 0 Å². The highest BCUT2D eigenvalue weighted by molar-refractivity contribution is 7.92. The van der Waals surface area contributed by atoms with Crippen molar-refractivity contribution in [3.63, 3.8) is 0 Å². The normalized spacial score (nSPS) is 11.2. The largest absolute Gasteiger partial charge is 0.484 e. The van der Waals surface area contributed by atoms with E-state index >= 15 is 0 Å². The zero-order valence-corrected chi connectivity index (χ0v) is 18.7. The molecule has 2 aromatic carbocycles. The number of sulfonamides is 1. The maximum absolute atomic E-state index is 12.4. The van der Waals surface area contributed by atoms with E-state index < -0.39 is 10.0 Å². The van der Waals surface area contributed by atoms with Gasteiger partial charge in [-0.25, -0.2) is 8.42 Å². The van der Waals surface area contributed by atoms with E-state index in [1.54, 1.807) is 49.5 Å². The van der Waals surface area contributed by atoms with Crippen LogP contribution in [0.2, 0.25) is 5.02 Å². The van der Waals surface area contributed by atoms with E-state index in [2.05, 4.69) is 10.1 Å². The minimum absolute atomic E-state index is 0.119. The summed E-state index contributed by atoms with van der Waals surface area (Å²) in [5.41, 5.74) is 1.20. The number of likely N-dealkylation sites (N-methyl/N-ethyl adjacent to an activating group) is 1. The lowest BCUT2D eigenvalue weighted by Gasteiger charge is -2.17. The van der Waals surface area contributed by atoms with Crippen LogP contribution in [0.4, 0.5) is 5.69 Å². The summed E-state index contributed by atoms with van der Waals surface area (Å²) in [5, 5.41) is 4.47. The molecule has 1 amide bonds. The molecule has 0 aliphatic heterocycles. The van der Waals surface area contributed by atoms with Crippen LogP contribution in [0.25, 0.3) is 11.4 Å². The predicted octanol–water partition coefficient (Wildman–Crippen LogP) is 2.82. The number of amides is 1. The Morgan fingerprint density at radius 1 is 1.16 bits per heavy atom. The van der Waals surface area contributed by atoms with Crippen molar-refractivity contribution in [1.29, 1.82) is 0 Å². The van der Waals surface area contributed by atoms with E-state index in [9.17, 15) is 13.2 Å². The smallest absolute Gasteiger partial charge is 0.260 e. The molecule has 0 aliphatic rings. The highest BCUT2D eigenvalue weighted by atomic mass is 35.5. The van der Waals surface area contributed by atoms with Crippen molar-refractivity contribution in [1.82, 2.24) is 15.0 Å². The third kappa shape index (κ3) is 5.96. The zero-order chi connectivity index (χ0) is 22.6. The van der Waals surface area contributed by atoms with Crippen LogP contribution in [0.15, 0.2) is 53.1 Å². The van der Waals surface area contributed by atoms with Crippen molar-refractivity contribution in [3.05, 3.63) is 59.4 Å². The van der Waals surface area contributed by atoms with Gasteiger partial charge in [0, 0.05) is 24.7 Å². The molecule has 0 saturated carbocycles. The van der Waals surface area contributed by atoms with Crippen LogP contribution in [0.5, 0.6) is 5.75 Å². The van der Waals surface area contributed by atoms with Crippen LogP contribution >= 0.6 is 11.6 Å². The molecule has 1 aromatic heterocycles. The summed E-state index contributed by atoms with van der Waals surface area (Å²) >= 11 is 5.97. The Balaban J connectivity index is 1.54. The van der Waals surface area contributed by atoms with Gasteiger partial charge in [0.15, 0.2) is 6.61 Å². The number of anilines is 1. The number of rotatable bonds is 8. The van der Waals surface area contributed by atoms with Crippen molar-refractivity contribution in [2.24, 2.45) is 0 Å². The zero-order valence-electron chi connectivity index (χ0n) is 17.1. The summed E-state index contributed by atoms with van der Waals surface area (Å²) < 4.78 is 35.0. The molecular formula is C20H21ClN4O5S. The van der Waals surface area contributed by atoms with Gasteiger partial charge in [-0.3, -0.25) is 9.10 Å². The minimum Gasteiger partial charge on any atom is -0.484 e. The van der Waals surface area contributed by atoms with Crippen LogP contribution in [0.1, 0.15) is 5.89 Å². The molecule has 164 valence electrons. The molecule has 11 heteroatoms. The number of carbonyl (C=O) groups is 1. The molecule has 0 atom stereocenters. The molecule has 0 N–H and O–H groups in total.